The van der Waals surface area contributed by atoms with Gasteiger partial charge in [-0.05, 0) is 57.8 Å². The number of benzene rings is 1. The van der Waals surface area contributed by atoms with Crippen LogP contribution in [0.15, 0.2) is 10.5 Å². The van der Waals surface area contributed by atoms with Gasteiger partial charge in [0.05, 0.1) is 4.47 Å². The van der Waals surface area contributed by atoms with Gasteiger partial charge in [0.2, 0.25) is 0 Å². The van der Waals surface area contributed by atoms with Gasteiger partial charge in [-0.3, -0.25) is 0 Å². The molecule has 16 heavy (non-hydrogen) atoms. The first-order valence-corrected chi connectivity index (χ1v) is 6.41. The van der Waals surface area contributed by atoms with Crippen LogP contribution in [0.4, 0.5) is 0 Å². The predicted octanol–water partition coefficient (Wildman–Crippen LogP) is 3.34. The van der Waals surface area contributed by atoms with E-state index in [4.69, 9.17) is 0 Å². The summed E-state index contributed by atoms with van der Waals surface area (Å²) in [6, 6.07) is 2.07. The van der Waals surface area contributed by atoms with Crippen LogP contribution in [-0.2, 0) is 17.6 Å². The summed E-state index contributed by atoms with van der Waals surface area (Å²) in [5.41, 5.74) is 3.44. The second kappa shape index (κ2) is 4.58. The molecule has 86 valence electrons. The predicted molar refractivity (Wildman–Crippen MR) is 66.9 cm³/mol. The van der Waals surface area contributed by atoms with Crippen LogP contribution < -0.4 is 0 Å². The second-order valence-electron chi connectivity index (χ2n) is 4.42. The van der Waals surface area contributed by atoms with E-state index in [9.17, 15) is 9.90 Å². The topological polar surface area (TPSA) is 37.3 Å². The zero-order valence-corrected chi connectivity index (χ0v) is 10.9. The average molecular weight is 283 g/mol. The molecule has 0 spiro atoms. The number of aldehydes is 1. The number of carbonyl (C=O) groups excluding carboxylic acids is 1. The molecule has 0 radical (unpaired) electrons. The minimum Gasteiger partial charge on any atom is -0.506 e. The Balaban J connectivity index is 2.47. The monoisotopic (exact) mass is 282 g/mol. The number of rotatable bonds is 3. The van der Waals surface area contributed by atoms with Crippen LogP contribution in [0.5, 0.6) is 5.75 Å². The number of aryl methyl sites for hydroxylation is 1. The fraction of sp³-hybridized carbons (Fsp3) is 0.462. The highest BCUT2D eigenvalue weighted by molar-refractivity contribution is 9.10. The van der Waals surface area contributed by atoms with E-state index in [1.807, 2.05) is 6.92 Å². The standard InChI is InChI=1S/C13H15BrO2/c1-8(5-6-15)11-7-9-3-2-4-10(9)12(14)13(11)16/h6-8,16H,2-5H2,1H3. The Hall–Kier alpha value is -0.830. The number of phenolic OH excluding ortho intramolecular Hbond substituents is 1. The lowest BCUT2D eigenvalue weighted by Gasteiger charge is -2.15. The minimum absolute atomic E-state index is 0.0831. The molecule has 3 heteroatoms. The lowest BCUT2D eigenvalue weighted by Crippen LogP contribution is -1.98. The summed E-state index contributed by atoms with van der Waals surface area (Å²) < 4.78 is 0.829. The van der Waals surface area contributed by atoms with Gasteiger partial charge in [-0.25, -0.2) is 0 Å². The molecule has 2 rings (SSSR count). The molecule has 1 aliphatic rings. The van der Waals surface area contributed by atoms with Gasteiger partial charge in [0.15, 0.2) is 0 Å². The van der Waals surface area contributed by atoms with Crippen molar-refractivity contribution in [1.82, 2.24) is 0 Å². The fourth-order valence-electron chi connectivity index (χ4n) is 2.35. The van der Waals surface area contributed by atoms with Gasteiger partial charge in [-0.2, -0.15) is 0 Å². The van der Waals surface area contributed by atoms with Crippen molar-refractivity contribution in [3.05, 3.63) is 27.2 Å². The normalized spacial score (nSPS) is 15.9. The van der Waals surface area contributed by atoms with Gasteiger partial charge in [0, 0.05) is 6.42 Å². The minimum atomic E-state index is 0.0831. The molecule has 1 N–H and O–H groups in total. The third-order valence-electron chi connectivity index (χ3n) is 3.32. The Bertz CT molecular complexity index is 426. The molecule has 0 amide bonds. The Morgan fingerprint density at radius 3 is 3.00 bits per heavy atom. The molecule has 0 heterocycles. The average Bonchev–Trinajstić information content (AvgIpc) is 2.71. The van der Waals surface area contributed by atoms with E-state index in [-0.39, 0.29) is 5.92 Å². The second-order valence-corrected chi connectivity index (χ2v) is 5.22. The number of fused-ring (bicyclic) bond motifs is 1. The van der Waals surface area contributed by atoms with E-state index >= 15 is 0 Å². The first-order valence-electron chi connectivity index (χ1n) is 5.62. The summed E-state index contributed by atoms with van der Waals surface area (Å²) in [5.74, 6) is 0.398. The summed E-state index contributed by atoms with van der Waals surface area (Å²) in [6.45, 7) is 1.97. The molecule has 1 unspecified atom stereocenters. The summed E-state index contributed by atoms with van der Waals surface area (Å²) >= 11 is 3.46. The van der Waals surface area contributed by atoms with Crippen molar-refractivity contribution < 1.29 is 9.90 Å². The highest BCUT2D eigenvalue weighted by atomic mass is 79.9. The number of hydrogen-bond donors (Lipinski definition) is 1. The third kappa shape index (κ3) is 1.88. The number of phenols is 1. The maximum Gasteiger partial charge on any atom is 0.133 e. The van der Waals surface area contributed by atoms with Crippen LogP contribution in [0.2, 0.25) is 0 Å². The molecule has 0 aliphatic heterocycles. The van der Waals surface area contributed by atoms with Crippen molar-refractivity contribution in [3.8, 4) is 5.75 Å². The van der Waals surface area contributed by atoms with E-state index in [1.54, 1.807) is 0 Å². The smallest absolute Gasteiger partial charge is 0.133 e. The van der Waals surface area contributed by atoms with Crippen molar-refractivity contribution in [2.24, 2.45) is 0 Å². The third-order valence-corrected chi connectivity index (χ3v) is 4.17. The number of aromatic hydroxyl groups is 1. The van der Waals surface area contributed by atoms with Crippen LogP contribution >= 0.6 is 15.9 Å². The lowest BCUT2D eigenvalue weighted by molar-refractivity contribution is -0.108. The van der Waals surface area contributed by atoms with Gasteiger partial charge in [0.1, 0.15) is 12.0 Å². The Labute approximate surface area is 104 Å². The zero-order chi connectivity index (χ0) is 11.7. The summed E-state index contributed by atoms with van der Waals surface area (Å²) in [7, 11) is 0. The molecule has 0 fully saturated rings. The molecule has 1 aliphatic carbocycles. The molecule has 0 aromatic heterocycles. The molecular formula is C13H15BrO2. The molecule has 0 saturated heterocycles. The zero-order valence-electron chi connectivity index (χ0n) is 9.29. The van der Waals surface area contributed by atoms with Gasteiger partial charge in [0.25, 0.3) is 0 Å². The van der Waals surface area contributed by atoms with E-state index in [2.05, 4.69) is 22.0 Å². The van der Waals surface area contributed by atoms with Crippen molar-refractivity contribution in [1.29, 1.82) is 0 Å². The van der Waals surface area contributed by atoms with Crippen LogP contribution in [0.3, 0.4) is 0 Å². The molecule has 1 atom stereocenters. The summed E-state index contributed by atoms with van der Waals surface area (Å²) in [5, 5.41) is 10.1. The van der Waals surface area contributed by atoms with Crippen LogP contribution in [-0.4, -0.2) is 11.4 Å². The Morgan fingerprint density at radius 2 is 2.31 bits per heavy atom. The molecular weight excluding hydrogens is 268 g/mol. The summed E-state index contributed by atoms with van der Waals surface area (Å²) in [6.07, 6.45) is 4.63. The highest BCUT2D eigenvalue weighted by Gasteiger charge is 2.21. The molecule has 0 bridgehead atoms. The number of carbonyl (C=O) groups is 1. The fourth-order valence-corrected chi connectivity index (χ4v) is 3.03. The van der Waals surface area contributed by atoms with E-state index in [1.165, 1.54) is 11.1 Å². The molecule has 1 aromatic carbocycles. The number of halogens is 1. The highest BCUT2D eigenvalue weighted by Crippen LogP contribution is 2.41. The van der Waals surface area contributed by atoms with Crippen molar-refractivity contribution >= 4 is 22.2 Å². The lowest BCUT2D eigenvalue weighted by atomic mass is 9.94. The van der Waals surface area contributed by atoms with Crippen LogP contribution in [0.25, 0.3) is 0 Å². The Kier molecular flexibility index (Phi) is 3.33. The van der Waals surface area contributed by atoms with Gasteiger partial charge >= 0.3 is 0 Å². The molecule has 2 nitrogen and oxygen atoms in total. The van der Waals surface area contributed by atoms with Gasteiger partial charge < -0.3 is 9.90 Å². The first-order chi connectivity index (χ1) is 7.65. The molecule has 0 saturated carbocycles. The maximum atomic E-state index is 10.5. The van der Waals surface area contributed by atoms with Gasteiger partial charge in [-0.15, -0.1) is 0 Å². The van der Waals surface area contributed by atoms with Crippen molar-refractivity contribution in [2.75, 3.05) is 0 Å². The van der Waals surface area contributed by atoms with E-state index in [0.717, 1.165) is 35.6 Å². The SMILES string of the molecule is CC(CC=O)c1cc2c(c(Br)c1O)CCC2. The van der Waals surface area contributed by atoms with Gasteiger partial charge in [-0.1, -0.05) is 13.0 Å². The number of hydrogen-bond acceptors (Lipinski definition) is 2. The largest absolute Gasteiger partial charge is 0.506 e. The van der Waals surface area contributed by atoms with E-state index < -0.39 is 0 Å². The molecule has 1 aromatic rings. The maximum absolute atomic E-state index is 10.5. The van der Waals surface area contributed by atoms with Crippen molar-refractivity contribution in [3.63, 3.8) is 0 Å². The first kappa shape index (κ1) is 11.6. The quantitative estimate of drug-likeness (QED) is 0.864. The van der Waals surface area contributed by atoms with Crippen LogP contribution in [0.1, 0.15) is 42.4 Å². The summed E-state index contributed by atoms with van der Waals surface area (Å²) in [4.78, 5) is 10.5. The van der Waals surface area contributed by atoms with E-state index in [0.29, 0.717) is 12.2 Å². The van der Waals surface area contributed by atoms with Crippen LogP contribution in [0, 0.1) is 0 Å². The van der Waals surface area contributed by atoms with Crippen molar-refractivity contribution in [2.45, 2.75) is 38.5 Å². The Morgan fingerprint density at radius 1 is 1.56 bits per heavy atom.